The van der Waals surface area contributed by atoms with Crippen molar-refractivity contribution >= 4 is 23.7 Å². The highest BCUT2D eigenvalue weighted by Crippen LogP contribution is 2.18. The lowest BCUT2D eigenvalue weighted by molar-refractivity contribution is -0.384. The first kappa shape index (κ1) is 20.4. The molecule has 0 spiro atoms. The number of nitrogens with two attached hydrogens (primary N) is 1. The van der Waals surface area contributed by atoms with Gasteiger partial charge in [-0.2, -0.15) is 0 Å². The summed E-state index contributed by atoms with van der Waals surface area (Å²) in [5.74, 6) is -1.80. The summed E-state index contributed by atoms with van der Waals surface area (Å²) < 4.78 is 10.0. The number of ether oxygens (including phenoxy) is 2. The van der Waals surface area contributed by atoms with Crippen LogP contribution in [0.25, 0.3) is 0 Å². The summed E-state index contributed by atoms with van der Waals surface area (Å²) in [6.07, 6.45) is -1.44. The number of esters is 1. The van der Waals surface area contributed by atoms with E-state index in [2.05, 4.69) is 5.32 Å². The Kier molecular flexibility index (Phi) is 7.03. The normalized spacial score (nSPS) is 11.1. The van der Waals surface area contributed by atoms with Gasteiger partial charge in [0.1, 0.15) is 18.4 Å². The van der Waals surface area contributed by atoms with Crippen molar-refractivity contribution < 1.29 is 28.8 Å². The van der Waals surface area contributed by atoms with Crippen molar-refractivity contribution in [1.29, 1.82) is 0 Å². The van der Waals surface area contributed by atoms with Gasteiger partial charge in [-0.15, -0.1) is 0 Å². The summed E-state index contributed by atoms with van der Waals surface area (Å²) >= 11 is 0. The zero-order valence-electron chi connectivity index (χ0n) is 14.6. The van der Waals surface area contributed by atoms with Crippen LogP contribution < -0.4 is 15.8 Å². The third-order valence-electron chi connectivity index (χ3n) is 3.46. The molecular formula is C18H17N3O7. The van der Waals surface area contributed by atoms with Crippen molar-refractivity contribution in [2.24, 2.45) is 5.73 Å². The maximum absolute atomic E-state index is 12.2. The number of carbonyl (C=O) groups is 3. The van der Waals surface area contributed by atoms with Gasteiger partial charge in [-0.25, -0.2) is 9.59 Å². The summed E-state index contributed by atoms with van der Waals surface area (Å²) in [6.45, 7) is -0.0344. The number of nitrogens with one attached hydrogen (secondary N) is 1. The molecule has 0 aliphatic heterocycles. The fourth-order valence-corrected chi connectivity index (χ4v) is 2.12. The van der Waals surface area contributed by atoms with Crippen LogP contribution >= 0.6 is 0 Å². The molecule has 2 aromatic carbocycles. The highest BCUT2D eigenvalue weighted by Gasteiger charge is 2.26. The average Bonchev–Trinajstić information content (AvgIpc) is 2.66. The lowest BCUT2D eigenvalue weighted by Crippen LogP contribution is -2.45. The molecule has 1 atom stereocenters. The molecule has 10 heteroatoms. The van der Waals surface area contributed by atoms with Gasteiger partial charge in [0, 0.05) is 12.1 Å². The summed E-state index contributed by atoms with van der Waals surface area (Å²) in [5.41, 5.74) is 5.65. The third kappa shape index (κ3) is 6.41. The highest BCUT2D eigenvalue weighted by molar-refractivity contribution is 5.88. The second kappa shape index (κ2) is 9.67. The molecule has 0 fully saturated rings. The van der Waals surface area contributed by atoms with Crippen molar-refractivity contribution in [1.82, 2.24) is 5.32 Å². The summed E-state index contributed by atoms with van der Waals surface area (Å²) in [7, 11) is 0. The smallest absolute Gasteiger partial charge is 0.408 e. The number of benzene rings is 2. The van der Waals surface area contributed by atoms with Crippen LogP contribution in [0.1, 0.15) is 12.0 Å². The molecule has 0 aliphatic rings. The number of nitrogens with zero attached hydrogens (tertiary/aromatic N) is 1. The van der Waals surface area contributed by atoms with Gasteiger partial charge in [0.05, 0.1) is 11.3 Å². The molecule has 3 N–H and O–H groups in total. The molecule has 146 valence electrons. The van der Waals surface area contributed by atoms with Crippen LogP contribution in [-0.4, -0.2) is 28.9 Å². The fraction of sp³-hybridized carbons (Fsp3) is 0.167. The molecule has 0 saturated carbocycles. The van der Waals surface area contributed by atoms with Crippen LogP contribution in [0.4, 0.5) is 10.5 Å². The summed E-state index contributed by atoms with van der Waals surface area (Å²) in [6, 6.07) is 12.2. The zero-order valence-corrected chi connectivity index (χ0v) is 14.6. The quantitative estimate of drug-likeness (QED) is 0.302. The first-order chi connectivity index (χ1) is 13.3. The number of hydrogen-bond donors (Lipinski definition) is 2. The Morgan fingerprint density at radius 2 is 1.71 bits per heavy atom. The molecule has 0 saturated heterocycles. The number of carbonyl (C=O) groups excluding carboxylic acids is 3. The molecule has 0 bridgehead atoms. The van der Waals surface area contributed by atoms with E-state index in [1.54, 1.807) is 30.3 Å². The second-order valence-electron chi connectivity index (χ2n) is 5.60. The third-order valence-corrected chi connectivity index (χ3v) is 3.46. The molecule has 2 rings (SSSR count). The number of hydrogen-bond acceptors (Lipinski definition) is 7. The van der Waals surface area contributed by atoms with Crippen LogP contribution in [-0.2, 0) is 20.9 Å². The van der Waals surface area contributed by atoms with E-state index in [9.17, 15) is 24.5 Å². The molecule has 0 heterocycles. The van der Waals surface area contributed by atoms with Gasteiger partial charge in [0.25, 0.3) is 5.69 Å². The van der Waals surface area contributed by atoms with Crippen LogP contribution in [0.3, 0.4) is 0 Å². The molecule has 0 radical (unpaired) electrons. The van der Waals surface area contributed by atoms with Crippen molar-refractivity contribution in [2.45, 2.75) is 19.1 Å². The van der Waals surface area contributed by atoms with E-state index in [-0.39, 0.29) is 18.0 Å². The molecule has 0 unspecified atom stereocenters. The summed E-state index contributed by atoms with van der Waals surface area (Å²) in [5, 5.41) is 12.9. The van der Waals surface area contributed by atoms with Crippen molar-refractivity contribution in [2.75, 3.05) is 0 Å². The molecule has 2 aromatic rings. The van der Waals surface area contributed by atoms with Gasteiger partial charge in [-0.05, 0) is 17.7 Å². The Morgan fingerprint density at radius 1 is 1.07 bits per heavy atom. The number of alkyl carbamates (subject to hydrolysis) is 1. The van der Waals surface area contributed by atoms with Gasteiger partial charge in [0.2, 0.25) is 5.91 Å². The topological polar surface area (TPSA) is 151 Å². The van der Waals surface area contributed by atoms with Gasteiger partial charge in [0.15, 0.2) is 0 Å². The summed E-state index contributed by atoms with van der Waals surface area (Å²) in [4.78, 5) is 45.4. The molecule has 0 aliphatic carbocycles. The second-order valence-corrected chi connectivity index (χ2v) is 5.60. The Hall–Kier alpha value is -3.95. The fourth-order valence-electron chi connectivity index (χ4n) is 2.12. The largest absolute Gasteiger partial charge is 0.445 e. The van der Waals surface area contributed by atoms with Crippen LogP contribution in [0.15, 0.2) is 54.6 Å². The molecular weight excluding hydrogens is 370 g/mol. The van der Waals surface area contributed by atoms with Gasteiger partial charge >= 0.3 is 12.1 Å². The lowest BCUT2D eigenvalue weighted by atomic mass is 10.2. The number of non-ortho nitro benzene ring substituents is 1. The van der Waals surface area contributed by atoms with Crippen molar-refractivity contribution in [3.05, 3.63) is 70.3 Å². The predicted molar refractivity (Wildman–Crippen MR) is 96.1 cm³/mol. The number of primary amides is 1. The minimum Gasteiger partial charge on any atom is -0.445 e. The van der Waals surface area contributed by atoms with E-state index < -0.39 is 35.4 Å². The van der Waals surface area contributed by atoms with Gasteiger partial charge < -0.3 is 20.5 Å². The van der Waals surface area contributed by atoms with E-state index >= 15 is 0 Å². The standard InChI is InChI=1S/C18H17N3O7/c19-16(22)10-15(20-18(24)27-11-12-4-2-1-3-5-12)17(23)28-14-8-6-13(7-9-14)21(25)26/h1-9,15H,10-11H2,(H2,19,22)(H,20,24)/t15-/m1/s1. The number of nitro benzene ring substituents is 1. The van der Waals surface area contributed by atoms with Crippen molar-refractivity contribution in [3.63, 3.8) is 0 Å². The average molecular weight is 387 g/mol. The Labute approximate surface area is 159 Å². The van der Waals surface area contributed by atoms with Gasteiger partial charge in [-0.1, -0.05) is 30.3 Å². The molecule has 10 nitrogen and oxygen atoms in total. The lowest BCUT2D eigenvalue weighted by Gasteiger charge is -2.16. The first-order valence-electron chi connectivity index (χ1n) is 8.07. The van der Waals surface area contributed by atoms with Crippen LogP contribution in [0.5, 0.6) is 5.75 Å². The first-order valence-corrected chi connectivity index (χ1v) is 8.07. The zero-order chi connectivity index (χ0) is 20.5. The maximum atomic E-state index is 12.2. The van der Waals surface area contributed by atoms with Crippen molar-refractivity contribution in [3.8, 4) is 5.75 Å². The maximum Gasteiger partial charge on any atom is 0.408 e. The Balaban J connectivity index is 1.96. The SMILES string of the molecule is NC(=O)C[C@@H](NC(=O)OCc1ccccc1)C(=O)Oc1ccc([N+](=O)[O-])cc1. The van der Waals surface area contributed by atoms with Crippen LogP contribution in [0.2, 0.25) is 0 Å². The predicted octanol–water partition coefficient (Wildman–Crippen LogP) is 1.67. The number of rotatable bonds is 8. The van der Waals surface area contributed by atoms with Gasteiger partial charge in [-0.3, -0.25) is 14.9 Å². The van der Waals surface area contributed by atoms with E-state index in [0.29, 0.717) is 0 Å². The van der Waals surface area contributed by atoms with E-state index in [4.69, 9.17) is 15.2 Å². The number of nitro groups is 1. The Bertz CT molecular complexity index is 853. The molecule has 28 heavy (non-hydrogen) atoms. The molecule has 0 aromatic heterocycles. The van der Waals surface area contributed by atoms with E-state index in [0.717, 1.165) is 17.7 Å². The monoisotopic (exact) mass is 387 g/mol. The Morgan fingerprint density at radius 3 is 2.29 bits per heavy atom. The van der Waals surface area contributed by atoms with E-state index in [1.165, 1.54) is 12.1 Å². The minimum atomic E-state index is -1.38. The minimum absolute atomic E-state index is 0.00419. The number of amides is 2. The molecule has 2 amide bonds. The van der Waals surface area contributed by atoms with Crippen LogP contribution in [0, 0.1) is 10.1 Å². The highest BCUT2D eigenvalue weighted by atomic mass is 16.6. The van der Waals surface area contributed by atoms with E-state index in [1.807, 2.05) is 0 Å².